The number of hydrogen-bond acceptors (Lipinski definition) is 1. The molecule has 0 fully saturated rings. The maximum Gasteiger partial charge on any atom is 0.0462 e. The number of rotatable bonds is 8. The van der Waals surface area contributed by atoms with Gasteiger partial charge in [-0.25, -0.2) is 0 Å². The van der Waals surface area contributed by atoms with E-state index in [0.717, 1.165) is 17.1 Å². The lowest BCUT2D eigenvalue weighted by Gasteiger charge is -2.26. The highest BCUT2D eigenvalue weighted by Gasteiger charge is 2.17. The van der Waals surface area contributed by atoms with Crippen molar-refractivity contribution in [3.05, 3.63) is 249 Å². The first kappa shape index (κ1) is 36.1. The minimum absolute atomic E-state index is 1.09. The molecule has 0 aliphatic heterocycles. The van der Waals surface area contributed by atoms with Crippen LogP contribution in [0.1, 0.15) is 0 Å². The van der Waals surface area contributed by atoms with Gasteiger partial charge in [0.25, 0.3) is 0 Å². The molecule has 0 radical (unpaired) electrons. The zero-order valence-electron chi connectivity index (χ0n) is 33.6. The predicted octanol–water partition coefficient (Wildman–Crippen LogP) is 17.0. The summed E-state index contributed by atoms with van der Waals surface area (Å²) >= 11 is 0. The predicted molar refractivity (Wildman–Crippen MR) is 261 cm³/mol. The zero-order chi connectivity index (χ0) is 40.5. The summed E-state index contributed by atoms with van der Waals surface area (Å²) in [4.78, 5) is 2.36. The summed E-state index contributed by atoms with van der Waals surface area (Å²) in [5, 5.41) is 7.52. The summed E-state index contributed by atoms with van der Waals surface area (Å²) in [7, 11) is 0. The van der Waals surface area contributed by atoms with Crippen molar-refractivity contribution in [1.82, 2.24) is 0 Å². The third-order valence-corrected chi connectivity index (χ3v) is 12.1. The standard InChI is InChI=1S/C60H41N/c1-2-14-50(15-3-1)60-58-19-9-7-13-47(58)33-40-59(60)49-31-38-55(39-32-49)61(54-36-29-48(30-37-54)57-20-10-17-46-12-6-8-18-56(46)57)53-34-27-44(28-35-53)43-21-23-45(24-22-43)52-26-25-42-11-4-5-16-51(42)41-52/h1-41H. The van der Waals surface area contributed by atoms with E-state index < -0.39 is 0 Å². The third kappa shape index (κ3) is 6.93. The van der Waals surface area contributed by atoms with Crippen molar-refractivity contribution < 1.29 is 0 Å². The molecule has 0 saturated heterocycles. The molecule has 0 amide bonds. The summed E-state index contributed by atoms with van der Waals surface area (Å²) in [6, 6.07) is 90.4. The molecule has 0 N–H and O–H groups in total. The molecule has 11 aromatic rings. The van der Waals surface area contributed by atoms with Crippen LogP contribution in [0.5, 0.6) is 0 Å². The molecule has 1 nitrogen and oxygen atoms in total. The minimum Gasteiger partial charge on any atom is -0.311 e. The molecule has 0 aromatic heterocycles. The molecule has 0 unspecified atom stereocenters. The average molecular weight is 776 g/mol. The molecule has 11 aromatic carbocycles. The van der Waals surface area contributed by atoms with Crippen LogP contribution < -0.4 is 4.90 Å². The molecule has 286 valence electrons. The first-order valence-electron chi connectivity index (χ1n) is 21.0. The first-order valence-corrected chi connectivity index (χ1v) is 21.0. The molecule has 0 bridgehead atoms. The van der Waals surface area contributed by atoms with Crippen molar-refractivity contribution >= 4 is 49.4 Å². The summed E-state index contributed by atoms with van der Waals surface area (Å²) in [5.74, 6) is 0. The Kier molecular flexibility index (Phi) is 9.26. The smallest absolute Gasteiger partial charge is 0.0462 e. The van der Waals surface area contributed by atoms with Crippen molar-refractivity contribution in [3.63, 3.8) is 0 Å². The molecule has 0 saturated carbocycles. The Morgan fingerprint density at radius 2 is 0.639 bits per heavy atom. The van der Waals surface area contributed by atoms with Gasteiger partial charge in [-0.05, 0) is 130 Å². The number of anilines is 3. The Morgan fingerprint density at radius 1 is 0.213 bits per heavy atom. The van der Waals surface area contributed by atoms with Crippen LogP contribution in [0.4, 0.5) is 17.1 Å². The molecule has 11 rings (SSSR count). The van der Waals surface area contributed by atoms with Crippen molar-refractivity contribution in [3.8, 4) is 55.6 Å². The molecule has 61 heavy (non-hydrogen) atoms. The van der Waals surface area contributed by atoms with Gasteiger partial charge in [0.05, 0.1) is 0 Å². The van der Waals surface area contributed by atoms with Gasteiger partial charge in [-0.3, -0.25) is 0 Å². The highest BCUT2D eigenvalue weighted by Crippen LogP contribution is 2.42. The molecule has 0 spiro atoms. The van der Waals surface area contributed by atoms with Gasteiger partial charge in [0.1, 0.15) is 0 Å². The van der Waals surface area contributed by atoms with E-state index >= 15 is 0 Å². The van der Waals surface area contributed by atoms with E-state index in [2.05, 4.69) is 254 Å². The summed E-state index contributed by atoms with van der Waals surface area (Å²) < 4.78 is 0. The van der Waals surface area contributed by atoms with Crippen molar-refractivity contribution in [1.29, 1.82) is 0 Å². The normalized spacial score (nSPS) is 11.3. The molecule has 0 aliphatic carbocycles. The highest BCUT2D eigenvalue weighted by molar-refractivity contribution is 6.04. The van der Waals surface area contributed by atoms with Gasteiger partial charge in [-0.2, -0.15) is 0 Å². The van der Waals surface area contributed by atoms with Crippen LogP contribution in [0.3, 0.4) is 0 Å². The van der Waals surface area contributed by atoms with Gasteiger partial charge >= 0.3 is 0 Å². The lowest BCUT2D eigenvalue weighted by molar-refractivity contribution is 1.28. The summed E-state index contributed by atoms with van der Waals surface area (Å²) in [5.41, 5.74) is 15.4. The van der Waals surface area contributed by atoms with E-state index in [4.69, 9.17) is 0 Å². The van der Waals surface area contributed by atoms with Crippen LogP contribution in [0.25, 0.3) is 88.0 Å². The number of fused-ring (bicyclic) bond motifs is 3. The quantitative estimate of drug-likeness (QED) is 0.149. The molecule has 1 heteroatoms. The van der Waals surface area contributed by atoms with Crippen LogP contribution >= 0.6 is 0 Å². The molecule has 0 aliphatic rings. The number of nitrogens with zero attached hydrogens (tertiary/aromatic N) is 1. The van der Waals surface area contributed by atoms with Crippen molar-refractivity contribution in [2.45, 2.75) is 0 Å². The van der Waals surface area contributed by atoms with Gasteiger partial charge in [0, 0.05) is 17.1 Å². The Balaban J connectivity index is 0.960. The van der Waals surface area contributed by atoms with Crippen LogP contribution in [-0.4, -0.2) is 0 Å². The maximum absolute atomic E-state index is 2.36. The highest BCUT2D eigenvalue weighted by atomic mass is 15.1. The van der Waals surface area contributed by atoms with E-state index in [1.54, 1.807) is 0 Å². The fourth-order valence-corrected chi connectivity index (χ4v) is 8.96. The molecule has 0 atom stereocenters. The number of hydrogen-bond donors (Lipinski definition) is 0. The van der Waals surface area contributed by atoms with Crippen LogP contribution in [0, 0.1) is 0 Å². The lowest BCUT2D eigenvalue weighted by Crippen LogP contribution is -2.09. The van der Waals surface area contributed by atoms with E-state index in [-0.39, 0.29) is 0 Å². The van der Waals surface area contributed by atoms with Crippen molar-refractivity contribution in [2.75, 3.05) is 4.90 Å². The van der Waals surface area contributed by atoms with E-state index in [1.165, 1.54) is 88.0 Å². The Bertz CT molecular complexity index is 3300. The SMILES string of the molecule is c1ccc(-c2c(-c3ccc(N(c4ccc(-c5ccc(-c6ccc7ccccc7c6)cc5)cc4)c4ccc(-c5cccc6ccccc56)cc4)cc3)ccc3ccccc23)cc1. The third-order valence-electron chi connectivity index (χ3n) is 12.1. The van der Waals surface area contributed by atoms with E-state index in [1.807, 2.05) is 0 Å². The average Bonchev–Trinajstić information content (AvgIpc) is 3.34. The van der Waals surface area contributed by atoms with E-state index in [0.29, 0.717) is 0 Å². The van der Waals surface area contributed by atoms with Crippen LogP contribution in [0.15, 0.2) is 249 Å². The van der Waals surface area contributed by atoms with Crippen LogP contribution in [-0.2, 0) is 0 Å². The second kappa shape index (κ2) is 15.6. The van der Waals surface area contributed by atoms with Gasteiger partial charge in [-0.15, -0.1) is 0 Å². The van der Waals surface area contributed by atoms with Crippen molar-refractivity contribution in [2.24, 2.45) is 0 Å². The van der Waals surface area contributed by atoms with Crippen LogP contribution in [0.2, 0.25) is 0 Å². The Morgan fingerprint density at radius 3 is 1.28 bits per heavy atom. The van der Waals surface area contributed by atoms with Gasteiger partial charge in [0.15, 0.2) is 0 Å². The minimum atomic E-state index is 1.09. The largest absolute Gasteiger partial charge is 0.311 e. The van der Waals surface area contributed by atoms with Gasteiger partial charge < -0.3 is 4.90 Å². The second-order valence-corrected chi connectivity index (χ2v) is 15.7. The molecular weight excluding hydrogens is 735 g/mol. The molecular formula is C60H41N. The van der Waals surface area contributed by atoms with Gasteiger partial charge in [0.2, 0.25) is 0 Å². The maximum atomic E-state index is 2.36. The lowest BCUT2D eigenvalue weighted by atomic mass is 9.90. The fourth-order valence-electron chi connectivity index (χ4n) is 8.96. The fraction of sp³-hybridized carbons (Fsp3) is 0. The monoisotopic (exact) mass is 775 g/mol. The Hall–Kier alpha value is -8.00. The first-order chi connectivity index (χ1) is 30.2. The zero-order valence-corrected chi connectivity index (χ0v) is 33.6. The van der Waals surface area contributed by atoms with Gasteiger partial charge in [-0.1, -0.05) is 206 Å². The number of benzene rings is 11. The summed E-state index contributed by atoms with van der Waals surface area (Å²) in [6.07, 6.45) is 0. The second-order valence-electron chi connectivity index (χ2n) is 15.7. The molecule has 0 heterocycles. The van der Waals surface area contributed by atoms with E-state index in [9.17, 15) is 0 Å². The summed E-state index contributed by atoms with van der Waals surface area (Å²) in [6.45, 7) is 0. The Labute approximate surface area is 357 Å². The topological polar surface area (TPSA) is 3.24 Å².